The molecule has 11 nitrogen and oxygen atoms in total. The SMILES string of the molecule is Cc1c[nH]c2c(O)cc3c(c12)[C@H](CCl)CN3C(=O)c1cc2cc(NC(=O)c3cc4cc(C(=O)NN)ccc4[nH]3)ccc2[nH]1. The number of nitrogens with zero attached hydrogens (tertiary/aromatic N) is 1. The fraction of sp³-hybridized carbons (Fsp3) is 0.129. The Morgan fingerprint density at radius 2 is 1.72 bits per heavy atom. The van der Waals surface area contributed by atoms with Crippen molar-refractivity contribution in [1.82, 2.24) is 20.4 Å². The van der Waals surface area contributed by atoms with Gasteiger partial charge in [-0.05, 0) is 66.6 Å². The summed E-state index contributed by atoms with van der Waals surface area (Å²) < 4.78 is 0. The van der Waals surface area contributed by atoms with Crippen molar-refractivity contribution in [1.29, 1.82) is 0 Å². The summed E-state index contributed by atoms with van der Waals surface area (Å²) in [4.78, 5) is 49.7. The number of nitrogens with two attached hydrogens (primary N) is 1. The molecule has 7 rings (SSSR count). The zero-order valence-electron chi connectivity index (χ0n) is 22.8. The second-order valence-corrected chi connectivity index (χ2v) is 11.0. The summed E-state index contributed by atoms with van der Waals surface area (Å²) in [7, 11) is 0. The van der Waals surface area contributed by atoms with E-state index in [-0.39, 0.29) is 23.5 Å². The molecule has 3 amide bonds. The van der Waals surface area contributed by atoms with Crippen LogP contribution in [0.5, 0.6) is 5.75 Å². The van der Waals surface area contributed by atoms with Crippen LogP contribution < -0.4 is 21.5 Å². The van der Waals surface area contributed by atoms with E-state index in [0.29, 0.717) is 57.2 Å². The molecule has 12 heteroatoms. The lowest BCUT2D eigenvalue weighted by molar-refractivity contribution is 0.0951. The summed E-state index contributed by atoms with van der Waals surface area (Å²) in [6.45, 7) is 2.35. The second-order valence-electron chi connectivity index (χ2n) is 10.7. The number of aromatic hydroxyl groups is 1. The summed E-state index contributed by atoms with van der Waals surface area (Å²) in [6, 6.07) is 15.3. The number of phenols is 1. The molecular formula is C31H26ClN7O4. The molecule has 1 atom stereocenters. The van der Waals surface area contributed by atoms with Crippen molar-refractivity contribution in [2.24, 2.45) is 5.84 Å². The van der Waals surface area contributed by atoms with E-state index in [0.717, 1.165) is 27.4 Å². The van der Waals surface area contributed by atoms with Gasteiger partial charge in [0, 0.05) is 69.0 Å². The molecule has 0 radical (unpaired) electrons. The van der Waals surface area contributed by atoms with Crippen LogP contribution in [0.2, 0.25) is 0 Å². The number of carbonyl (C=O) groups is 3. The van der Waals surface area contributed by atoms with Crippen molar-refractivity contribution in [2.45, 2.75) is 12.8 Å². The zero-order chi connectivity index (χ0) is 30.0. The van der Waals surface area contributed by atoms with Gasteiger partial charge in [0.2, 0.25) is 0 Å². The van der Waals surface area contributed by atoms with Gasteiger partial charge in [-0.1, -0.05) is 0 Å². The molecule has 43 heavy (non-hydrogen) atoms. The number of nitrogens with one attached hydrogen (secondary N) is 5. The van der Waals surface area contributed by atoms with Crippen LogP contribution in [0, 0.1) is 6.92 Å². The number of alkyl halides is 1. The Labute approximate surface area is 249 Å². The van der Waals surface area contributed by atoms with Crippen LogP contribution in [0.1, 0.15) is 48.4 Å². The first-order valence-corrected chi connectivity index (χ1v) is 14.1. The van der Waals surface area contributed by atoms with Gasteiger partial charge in [-0.2, -0.15) is 0 Å². The second kappa shape index (κ2) is 9.93. The number of amides is 3. The van der Waals surface area contributed by atoms with Crippen molar-refractivity contribution in [2.75, 3.05) is 22.6 Å². The molecule has 8 N–H and O–H groups in total. The quantitative estimate of drug-likeness (QED) is 0.0643. The lowest BCUT2D eigenvalue weighted by Gasteiger charge is -2.17. The maximum atomic E-state index is 13.8. The number of hydrogen-bond donors (Lipinski definition) is 7. The van der Waals surface area contributed by atoms with Crippen molar-refractivity contribution >= 4 is 73.4 Å². The predicted octanol–water partition coefficient (Wildman–Crippen LogP) is 4.98. The number of hydrogen-bond acceptors (Lipinski definition) is 5. The first-order valence-electron chi connectivity index (χ1n) is 13.5. The molecule has 0 spiro atoms. The lowest BCUT2D eigenvalue weighted by atomic mass is 9.97. The number of rotatable bonds is 5. The number of fused-ring (bicyclic) bond motifs is 5. The van der Waals surface area contributed by atoms with Gasteiger partial charge in [-0.15, -0.1) is 11.6 Å². The number of aromatic amines is 3. The molecular weight excluding hydrogens is 570 g/mol. The van der Waals surface area contributed by atoms with E-state index in [2.05, 4.69) is 25.7 Å². The van der Waals surface area contributed by atoms with Crippen molar-refractivity contribution < 1.29 is 19.5 Å². The standard InChI is InChI=1S/C31H26ClN7O4/c1-14-12-34-28-25(40)10-24-27(26(14)28)18(11-32)13-39(24)31(43)23-9-17-7-19(3-5-21(17)37-23)35-30(42)22-8-16-6-15(29(41)38-33)2-4-20(16)36-22/h2-10,12,18,34,36-37,40H,11,13,33H2,1H3,(H,35,42)(H,38,41)/t18-/m1/s1. The van der Waals surface area contributed by atoms with Crippen LogP contribution in [-0.2, 0) is 0 Å². The Bertz CT molecular complexity index is 2130. The van der Waals surface area contributed by atoms with E-state index in [1.807, 2.05) is 13.1 Å². The summed E-state index contributed by atoms with van der Waals surface area (Å²) in [6.07, 6.45) is 1.84. The highest BCUT2D eigenvalue weighted by atomic mass is 35.5. The van der Waals surface area contributed by atoms with Gasteiger partial charge in [-0.25, -0.2) is 5.84 Å². The summed E-state index contributed by atoms with van der Waals surface area (Å²) >= 11 is 6.35. The average Bonchev–Trinajstić information content (AvgIpc) is 3.79. The number of hydrazine groups is 1. The summed E-state index contributed by atoms with van der Waals surface area (Å²) in [5, 5.41) is 15.9. The van der Waals surface area contributed by atoms with E-state index in [4.69, 9.17) is 17.4 Å². The zero-order valence-corrected chi connectivity index (χ0v) is 23.6. The molecule has 1 aliphatic rings. The van der Waals surface area contributed by atoms with E-state index in [1.54, 1.807) is 59.5 Å². The highest BCUT2D eigenvalue weighted by Crippen LogP contribution is 2.46. The number of anilines is 2. The first kappa shape index (κ1) is 26.6. The number of nitrogen functional groups attached to an aromatic ring is 1. The van der Waals surface area contributed by atoms with Crippen LogP contribution >= 0.6 is 11.6 Å². The number of benzene rings is 3. The van der Waals surface area contributed by atoms with Gasteiger partial charge in [0.1, 0.15) is 17.1 Å². The molecule has 1 aliphatic heterocycles. The van der Waals surface area contributed by atoms with Gasteiger partial charge in [0.15, 0.2) is 0 Å². The fourth-order valence-electron chi connectivity index (χ4n) is 5.99. The number of carbonyl (C=O) groups excluding carboxylic acids is 3. The first-order chi connectivity index (χ1) is 20.7. The van der Waals surface area contributed by atoms with Crippen LogP contribution in [0.15, 0.2) is 60.8 Å². The average molecular weight is 596 g/mol. The monoisotopic (exact) mass is 595 g/mol. The van der Waals surface area contributed by atoms with E-state index in [9.17, 15) is 19.5 Å². The molecule has 6 aromatic rings. The van der Waals surface area contributed by atoms with E-state index in [1.165, 1.54) is 0 Å². The largest absolute Gasteiger partial charge is 0.506 e. The minimum absolute atomic E-state index is 0.0726. The maximum Gasteiger partial charge on any atom is 0.274 e. The maximum absolute atomic E-state index is 13.8. The van der Waals surface area contributed by atoms with Crippen molar-refractivity contribution in [3.63, 3.8) is 0 Å². The van der Waals surface area contributed by atoms with E-state index < -0.39 is 5.91 Å². The summed E-state index contributed by atoms with van der Waals surface area (Å²) in [5.74, 6) is 4.51. The molecule has 0 bridgehead atoms. The highest BCUT2D eigenvalue weighted by Gasteiger charge is 2.36. The van der Waals surface area contributed by atoms with E-state index >= 15 is 0 Å². The topological polar surface area (TPSA) is 172 Å². The highest BCUT2D eigenvalue weighted by molar-refractivity contribution is 6.19. The van der Waals surface area contributed by atoms with Gasteiger partial charge < -0.3 is 30.3 Å². The Balaban J connectivity index is 1.15. The van der Waals surface area contributed by atoms with Crippen LogP contribution in [0.3, 0.4) is 0 Å². The van der Waals surface area contributed by atoms with Crippen molar-refractivity contribution in [3.8, 4) is 5.75 Å². The molecule has 3 aromatic heterocycles. The minimum Gasteiger partial charge on any atom is -0.506 e. The molecule has 216 valence electrons. The summed E-state index contributed by atoms with van der Waals surface area (Å²) in [5.41, 5.74) is 8.34. The molecule has 0 saturated heterocycles. The van der Waals surface area contributed by atoms with Crippen LogP contribution in [-0.4, -0.2) is 50.2 Å². The van der Waals surface area contributed by atoms with Gasteiger partial charge in [0.25, 0.3) is 17.7 Å². The third kappa shape index (κ3) is 4.28. The molecule has 3 aromatic carbocycles. The van der Waals surface area contributed by atoms with Crippen molar-refractivity contribution in [3.05, 3.63) is 88.9 Å². The minimum atomic E-state index is -0.425. The third-order valence-corrected chi connectivity index (χ3v) is 8.43. The Hall–Kier alpha value is -5.26. The Morgan fingerprint density at radius 3 is 2.49 bits per heavy atom. The van der Waals surface area contributed by atoms with Crippen LogP contribution in [0.4, 0.5) is 11.4 Å². The normalized spacial score (nSPS) is 14.5. The van der Waals surface area contributed by atoms with Crippen LogP contribution in [0.25, 0.3) is 32.7 Å². The molecule has 0 aliphatic carbocycles. The predicted molar refractivity (Wildman–Crippen MR) is 166 cm³/mol. The molecule has 0 unspecified atom stereocenters. The Morgan fingerprint density at radius 1 is 1.00 bits per heavy atom. The molecule has 4 heterocycles. The third-order valence-electron chi connectivity index (χ3n) is 8.05. The number of halogens is 1. The lowest BCUT2D eigenvalue weighted by Crippen LogP contribution is -2.30. The number of H-pyrrole nitrogens is 3. The molecule has 0 fully saturated rings. The fourth-order valence-corrected chi connectivity index (χ4v) is 6.24. The smallest absolute Gasteiger partial charge is 0.274 e. The van der Waals surface area contributed by atoms with Gasteiger partial charge in [0.05, 0.1) is 11.2 Å². The van der Waals surface area contributed by atoms with Gasteiger partial charge in [-0.3, -0.25) is 19.8 Å². The Kier molecular flexibility index (Phi) is 6.15. The molecule has 0 saturated carbocycles. The number of aromatic nitrogens is 3. The number of aryl methyl sites for hydroxylation is 1. The number of phenolic OH excluding ortho intramolecular Hbond substituents is 1. The van der Waals surface area contributed by atoms with Gasteiger partial charge >= 0.3 is 0 Å².